The lowest BCUT2D eigenvalue weighted by Gasteiger charge is -2.09. The van der Waals surface area contributed by atoms with Crippen molar-refractivity contribution >= 4 is 27.5 Å². The highest BCUT2D eigenvalue weighted by atomic mass is 79.9. The van der Waals surface area contributed by atoms with Crippen LogP contribution in [0.3, 0.4) is 0 Å². The molecule has 0 fully saturated rings. The zero-order valence-corrected chi connectivity index (χ0v) is 14.0. The second-order valence-corrected chi connectivity index (χ2v) is 6.07. The van der Waals surface area contributed by atoms with Crippen LogP contribution in [0.1, 0.15) is 57.8 Å². The molecule has 0 saturated carbocycles. The normalized spacial score (nSPS) is 12.9. The van der Waals surface area contributed by atoms with Crippen LogP contribution in [0.5, 0.6) is 0 Å². The maximum Gasteiger partial charge on any atom is 0.0766 e. The molecule has 1 aromatic heterocycles. The molecule has 0 amide bonds. The summed E-state index contributed by atoms with van der Waals surface area (Å²) in [7, 11) is 0. The van der Waals surface area contributed by atoms with E-state index < -0.39 is 0 Å². The van der Waals surface area contributed by atoms with Crippen LogP contribution in [0.4, 0.5) is 0 Å². The van der Waals surface area contributed by atoms with Gasteiger partial charge in [0.15, 0.2) is 0 Å². The fourth-order valence-corrected chi connectivity index (χ4v) is 3.34. The molecule has 1 aromatic rings. The molecule has 1 atom stereocenters. The highest BCUT2D eigenvalue weighted by Gasteiger charge is 2.14. The monoisotopic (exact) mass is 334 g/mol. The summed E-state index contributed by atoms with van der Waals surface area (Å²) in [5.74, 6) is 0. The Hall–Kier alpha value is -0.0200. The minimum absolute atomic E-state index is 0.331. The molecule has 0 radical (unpaired) electrons. The smallest absolute Gasteiger partial charge is 0.0766 e. The van der Waals surface area contributed by atoms with Gasteiger partial charge in [-0.25, -0.2) is 0 Å². The Kier molecular flexibility index (Phi) is 7.31. The minimum atomic E-state index is 0.331. The molecule has 0 aromatic carbocycles. The topological polar surface area (TPSA) is 17.8 Å². The van der Waals surface area contributed by atoms with Gasteiger partial charge in [0.1, 0.15) is 0 Å². The summed E-state index contributed by atoms with van der Waals surface area (Å²) in [6, 6.07) is 0. The molecule has 0 saturated heterocycles. The Labute approximate surface area is 124 Å². The van der Waals surface area contributed by atoms with Crippen molar-refractivity contribution in [1.82, 2.24) is 9.78 Å². The van der Waals surface area contributed by atoms with Crippen molar-refractivity contribution < 1.29 is 0 Å². The lowest BCUT2D eigenvalue weighted by molar-refractivity contribution is 0.581. The van der Waals surface area contributed by atoms with Crippen molar-refractivity contribution in [3.05, 3.63) is 15.9 Å². The molecule has 1 rings (SSSR count). The maximum atomic E-state index is 6.26. The Morgan fingerprint density at radius 2 is 2.00 bits per heavy atom. The molecule has 0 aliphatic rings. The molecule has 18 heavy (non-hydrogen) atoms. The van der Waals surface area contributed by atoms with Gasteiger partial charge in [-0.1, -0.05) is 20.3 Å². The van der Waals surface area contributed by atoms with E-state index in [4.69, 9.17) is 11.6 Å². The highest BCUT2D eigenvalue weighted by molar-refractivity contribution is 9.10. The van der Waals surface area contributed by atoms with E-state index in [1.807, 2.05) is 0 Å². The molecule has 0 aliphatic heterocycles. The molecule has 1 heterocycles. The van der Waals surface area contributed by atoms with Crippen molar-refractivity contribution in [2.75, 3.05) is 0 Å². The third-order valence-corrected chi connectivity index (χ3v) is 4.58. The van der Waals surface area contributed by atoms with Gasteiger partial charge in [0, 0.05) is 11.9 Å². The Balaban J connectivity index is 2.58. The van der Waals surface area contributed by atoms with Gasteiger partial charge in [0.2, 0.25) is 0 Å². The van der Waals surface area contributed by atoms with Crippen LogP contribution < -0.4 is 0 Å². The molecule has 0 N–H and O–H groups in total. The number of rotatable bonds is 8. The summed E-state index contributed by atoms with van der Waals surface area (Å²) in [5, 5.41) is 4.95. The van der Waals surface area contributed by atoms with Gasteiger partial charge in [-0.15, -0.1) is 11.6 Å². The number of halogens is 2. The van der Waals surface area contributed by atoms with E-state index >= 15 is 0 Å². The van der Waals surface area contributed by atoms with E-state index in [-0.39, 0.29) is 0 Å². The largest absolute Gasteiger partial charge is 0.268 e. The average Bonchev–Trinajstić information content (AvgIpc) is 2.66. The van der Waals surface area contributed by atoms with Crippen LogP contribution >= 0.6 is 27.5 Å². The molecular formula is C14H24BrClN2. The Morgan fingerprint density at radius 3 is 2.56 bits per heavy atom. The van der Waals surface area contributed by atoms with Crippen molar-refractivity contribution in [3.8, 4) is 0 Å². The number of hydrogen-bond donors (Lipinski definition) is 0. The third kappa shape index (κ3) is 4.27. The molecule has 1 unspecified atom stereocenters. The number of alkyl halides is 1. The quantitative estimate of drug-likeness (QED) is 0.614. The minimum Gasteiger partial charge on any atom is -0.268 e. The van der Waals surface area contributed by atoms with E-state index in [2.05, 4.69) is 46.5 Å². The van der Waals surface area contributed by atoms with Crippen LogP contribution in [0.25, 0.3) is 0 Å². The average molecular weight is 336 g/mol. The zero-order valence-electron chi connectivity index (χ0n) is 11.7. The number of aryl methyl sites for hydroxylation is 2. The third-order valence-electron chi connectivity index (χ3n) is 3.23. The number of nitrogens with zero attached hydrogens (tertiary/aromatic N) is 2. The first-order valence-corrected chi connectivity index (χ1v) is 8.24. The first kappa shape index (κ1) is 16.0. The Bertz CT molecular complexity index is 363. The van der Waals surface area contributed by atoms with Crippen molar-refractivity contribution in [2.45, 2.75) is 71.2 Å². The standard InChI is InChI=1S/C14H24BrClN2/c1-4-8-11(16)9-7-10-13-14(15)12(5-2)17-18(13)6-3/h11H,4-10H2,1-3H3. The van der Waals surface area contributed by atoms with Crippen LogP contribution in [-0.2, 0) is 19.4 Å². The van der Waals surface area contributed by atoms with Crippen molar-refractivity contribution in [2.24, 2.45) is 0 Å². The molecule has 4 heteroatoms. The second kappa shape index (κ2) is 8.21. The Morgan fingerprint density at radius 1 is 1.28 bits per heavy atom. The van der Waals surface area contributed by atoms with Gasteiger partial charge in [-0.05, 0) is 55.0 Å². The van der Waals surface area contributed by atoms with E-state index in [0.717, 1.165) is 38.6 Å². The van der Waals surface area contributed by atoms with Crippen LogP contribution in [0.2, 0.25) is 0 Å². The van der Waals surface area contributed by atoms with Crippen LogP contribution in [0.15, 0.2) is 4.47 Å². The lowest BCUT2D eigenvalue weighted by atomic mass is 10.1. The molecule has 104 valence electrons. The molecule has 0 bridgehead atoms. The first-order chi connectivity index (χ1) is 8.63. The van der Waals surface area contributed by atoms with Crippen molar-refractivity contribution in [1.29, 1.82) is 0 Å². The fraction of sp³-hybridized carbons (Fsp3) is 0.786. The van der Waals surface area contributed by atoms with Crippen LogP contribution in [-0.4, -0.2) is 15.2 Å². The van der Waals surface area contributed by atoms with E-state index in [9.17, 15) is 0 Å². The lowest BCUT2D eigenvalue weighted by Crippen LogP contribution is -2.05. The summed E-state index contributed by atoms with van der Waals surface area (Å²) in [5.41, 5.74) is 2.50. The summed E-state index contributed by atoms with van der Waals surface area (Å²) >= 11 is 9.94. The van der Waals surface area contributed by atoms with Crippen LogP contribution in [0, 0.1) is 0 Å². The van der Waals surface area contributed by atoms with Gasteiger partial charge < -0.3 is 0 Å². The highest BCUT2D eigenvalue weighted by Crippen LogP contribution is 2.24. The number of hydrogen-bond acceptors (Lipinski definition) is 1. The molecule has 0 aliphatic carbocycles. The van der Waals surface area contributed by atoms with E-state index in [1.165, 1.54) is 22.3 Å². The predicted molar refractivity (Wildman–Crippen MR) is 82.5 cm³/mol. The summed E-state index contributed by atoms with van der Waals surface area (Å²) in [4.78, 5) is 0. The maximum absolute atomic E-state index is 6.26. The van der Waals surface area contributed by atoms with Gasteiger partial charge >= 0.3 is 0 Å². The number of aromatic nitrogens is 2. The summed E-state index contributed by atoms with van der Waals surface area (Å²) in [6.45, 7) is 7.41. The second-order valence-electron chi connectivity index (χ2n) is 4.65. The first-order valence-electron chi connectivity index (χ1n) is 7.02. The molecule has 2 nitrogen and oxygen atoms in total. The fourth-order valence-electron chi connectivity index (χ4n) is 2.20. The SMILES string of the molecule is CCCC(Cl)CCCc1c(Br)c(CC)nn1CC. The van der Waals surface area contributed by atoms with E-state index in [0.29, 0.717) is 5.38 Å². The summed E-state index contributed by atoms with van der Waals surface area (Å²) < 4.78 is 3.32. The summed E-state index contributed by atoms with van der Waals surface area (Å²) in [6.07, 6.45) is 6.57. The molecular weight excluding hydrogens is 312 g/mol. The van der Waals surface area contributed by atoms with Gasteiger partial charge in [0.05, 0.1) is 15.9 Å². The van der Waals surface area contributed by atoms with Gasteiger partial charge in [-0.2, -0.15) is 5.10 Å². The van der Waals surface area contributed by atoms with Crippen molar-refractivity contribution in [3.63, 3.8) is 0 Å². The predicted octanol–water partition coefficient (Wildman–Crippen LogP) is 4.96. The molecule has 0 spiro atoms. The zero-order chi connectivity index (χ0) is 13.5. The van der Waals surface area contributed by atoms with Gasteiger partial charge in [-0.3, -0.25) is 4.68 Å². The van der Waals surface area contributed by atoms with E-state index in [1.54, 1.807) is 0 Å². The van der Waals surface area contributed by atoms with Gasteiger partial charge in [0.25, 0.3) is 0 Å².